The van der Waals surface area contributed by atoms with E-state index in [0.717, 1.165) is 47.6 Å². The van der Waals surface area contributed by atoms with Crippen LogP contribution in [0.4, 0.5) is 5.69 Å². The van der Waals surface area contributed by atoms with Gasteiger partial charge in [-0.05, 0) is 84.3 Å². The minimum atomic E-state index is -0.581. The van der Waals surface area contributed by atoms with Crippen molar-refractivity contribution in [2.45, 2.75) is 31.8 Å². The van der Waals surface area contributed by atoms with Crippen LogP contribution in [0.5, 0.6) is 0 Å². The first kappa shape index (κ1) is 17.3. The number of aliphatic hydroxyl groups is 1. The number of anilines is 1. The number of aliphatic imine (C=N–C) groups is 1. The van der Waals surface area contributed by atoms with Crippen LogP contribution in [0, 0.1) is 47.3 Å². The maximum Gasteiger partial charge on any atom is 0.193 e. The summed E-state index contributed by atoms with van der Waals surface area (Å²) >= 11 is 0. The van der Waals surface area contributed by atoms with Crippen LogP contribution in [0.25, 0.3) is 0 Å². The average Bonchev–Trinajstić information content (AvgIpc) is 3.12. The molecule has 5 heteroatoms. The second kappa shape index (κ2) is 5.60. The van der Waals surface area contributed by atoms with Crippen molar-refractivity contribution in [3.63, 3.8) is 0 Å². The Hall–Kier alpha value is -0.820. The number of hydrogen-bond donors (Lipinski definition) is 3. The summed E-state index contributed by atoms with van der Waals surface area (Å²) in [6.45, 7) is 2.63. The highest BCUT2D eigenvalue weighted by molar-refractivity contribution is 14.0. The zero-order valence-electron chi connectivity index (χ0n) is 15.1. The molecule has 0 spiro atoms. The summed E-state index contributed by atoms with van der Waals surface area (Å²) in [4.78, 5) is 4.61. The van der Waals surface area contributed by atoms with Gasteiger partial charge in [0.1, 0.15) is 0 Å². The van der Waals surface area contributed by atoms with Crippen LogP contribution in [-0.4, -0.2) is 23.2 Å². The summed E-state index contributed by atoms with van der Waals surface area (Å²) < 4.78 is 0. The Morgan fingerprint density at radius 3 is 2.77 bits per heavy atom. The van der Waals surface area contributed by atoms with Crippen LogP contribution in [0.3, 0.4) is 0 Å². The average molecular weight is 465 g/mol. The SMILES string of the molecule is CCc1cccc(NC(N)=NCC2(O)C3C4CC5C6C4CC3C6C52)c1.I. The Morgan fingerprint density at radius 2 is 1.96 bits per heavy atom. The van der Waals surface area contributed by atoms with E-state index in [0.29, 0.717) is 24.3 Å². The van der Waals surface area contributed by atoms with Gasteiger partial charge >= 0.3 is 0 Å². The van der Waals surface area contributed by atoms with Gasteiger partial charge in [0.2, 0.25) is 0 Å². The first-order valence-electron chi connectivity index (χ1n) is 10.00. The zero-order valence-corrected chi connectivity index (χ0v) is 17.5. The predicted molar refractivity (Wildman–Crippen MR) is 113 cm³/mol. The van der Waals surface area contributed by atoms with E-state index in [1.165, 1.54) is 18.4 Å². The topological polar surface area (TPSA) is 70.6 Å². The Balaban J connectivity index is 0.00000150. The Bertz CT molecular complexity index is 776. The van der Waals surface area contributed by atoms with Gasteiger partial charge in [-0.25, -0.2) is 0 Å². The van der Waals surface area contributed by atoms with E-state index in [1.807, 2.05) is 12.1 Å². The van der Waals surface area contributed by atoms with Crippen LogP contribution in [-0.2, 0) is 6.42 Å². The molecule has 0 radical (unpaired) electrons. The number of nitrogens with zero attached hydrogens (tertiary/aromatic N) is 1. The van der Waals surface area contributed by atoms with E-state index < -0.39 is 5.60 Å². The van der Waals surface area contributed by atoms with Crippen molar-refractivity contribution in [2.75, 3.05) is 11.9 Å². The highest BCUT2D eigenvalue weighted by atomic mass is 127. The number of fused-ring (bicyclic) bond motifs is 2. The van der Waals surface area contributed by atoms with Crippen molar-refractivity contribution < 1.29 is 5.11 Å². The molecule has 5 aliphatic carbocycles. The molecule has 1 aromatic carbocycles. The van der Waals surface area contributed by atoms with E-state index in [1.54, 1.807) is 0 Å². The smallest absolute Gasteiger partial charge is 0.193 e. The molecule has 0 saturated heterocycles. The van der Waals surface area contributed by atoms with Crippen molar-refractivity contribution >= 4 is 35.6 Å². The number of nitrogens with one attached hydrogen (secondary N) is 1. The number of halogens is 1. The van der Waals surface area contributed by atoms with Crippen molar-refractivity contribution in [2.24, 2.45) is 58.1 Å². The van der Waals surface area contributed by atoms with Gasteiger partial charge in [0, 0.05) is 5.69 Å². The lowest BCUT2D eigenvalue weighted by Crippen LogP contribution is -2.56. The molecule has 0 amide bonds. The van der Waals surface area contributed by atoms with Gasteiger partial charge in [0.15, 0.2) is 5.96 Å². The number of nitrogens with two attached hydrogens (primary N) is 1. The Kier molecular flexibility index (Phi) is 3.72. The molecule has 2 bridgehead atoms. The summed E-state index contributed by atoms with van der Waals surface area (Å²) in [5.41, 5.74) is 7.82. The lowest BCUT2D eigenvalue weighted by Gasteiger charge is -2.51. The molecule has 9 unspecified atom stereocenters. The molecular weight excluding hydrogens is 437 g/mol. The van der Waals surface area contributed by atoms with Gasteiger partial charge in [-0.1, -0.05) is 19.1 Å². The van der Waals surface area contributed by atoms with Gasteiger partial charge in [-0.15, -0.1) is 24.0 Å². The third kappa shape index (κ3) is 1.91. The lowest BCUT2D eigenvalue weighted by molar-refractivity contribution is -0.123. The summed E-state index contributed by atoms with van der Waals surface area (Å²) in [5.74, 6) is 6.52. The monoisotopic (exact) mass is 465 g/mol. The van der Waals surface area contributed by atoms with E-state index in [9.17, 15) is 5.11 Å². The normalized spacial score (nSPS) is 48.6. The largest absolute Gasteiger partial charge is 0.387 e. The standard InChI is InChI=1S/C21H27N3O.HI/c1-2-10-4-3-5-11(6-10)24-20(22)23-9-21(25)18-13-8-14-16-12(13)7-15(18)17(16)19(14)21;/h3-6,12-19,25H,2,7-9H2,1H3,(H3,22,23,24);1H. The third-order valence-corrected chi connectivity index (χ3v) is 8.63. The molecule has 0 heterocycles. The number of aryl methyl sites for hydroxylation is 1. The first-order chi connectivity index (χ1) is 12.1. The molecule has 5 fully saturated rings. The fraction of sp³-hybridized carbons (Fsp3) is 0.667. The summed E-state index contributed by atoms with van der Waals surface area (Å²) in [6.07, 6.45) is 3.78. The van der Waals surface area contributed by atoms with Gasteiger partial charge in [0.05, 0.1) is 12.1 Å². The molecule has 6 rings (SSSR count). The molecule has 26 heavy (non-hydrogen) atoms. The van der Waals surface area contributed by atoms with Crippen LogP contribution in [0.15, 0.2) is 29.3 Å². The van der Waals surface area contributed by atoms with Crippen LogP contribution in [0.2, 0.25) is 0 Å². The highest BCUT2D eigenvalue weighted by Gasteiger charge is 2.84. The molecule has 0 aliphatic heterocycles. The maximum absolute atomic E-state index is 11.6. The third-order valence-electron chi connectivity index (χ3n) is 8.63. The quantitative estimate of drug-likeness (QED) is 0.364. The Morgan fingerprint density at radius 1 is 1.19 bits per heavy atom. The second-order valence-corrected chi connectivity index (χ2v) is 9.20. The van der Waals surface area contributed by atoms with Gasteiger partial charge < -0.3 is 16.2 Å². The van der Waals surface area contributed by atoms with Gasteiger partial charge in [0.25, 0.3) is 0 Å². The van der Waals surface area contributed by atoms with Crippen molar-refractivity contribution in [3.8, 4) is 0 Å². The van der Waals surface area contributed by atoms with Crippen molar-refractivity contribution in [1.29, 1.82) is 0 Å². The number of benzene rings is 1. The number of rotatable bonds is 4. The first-order valence-corrected chi connectivity index (χ1v) is 10.00. The molecule has 4 N–H and O–H groups in total. The predicted octanol–water partition coefficient (Wildman–Crippen LogP) is 3.10. The van der Waals surface area contributed by atoms with E-state index in [-0.39, 0.29) is 24.0 Å². The molecule has 4 nitrogen and oxygen atoms in total. The zero-order chi connectivity index (χ0) is 16.9. The van der Waals surface area contributed by atoms with Crippen LogP contribution >= 0.6 is 24.0 Å². The molecule has 9 atom stereocenters. The molecule has 1 aromatic rings. The second-order valence-electron chi connectivity index (χ2n) is 9.20. The van der Waals surface area contributed by atoms with Crippen molar-refractivity contribution in [3.05, 3.63) is 29.8 Å². The summed E-state index contributed by atoms with van der Waals surface area (Å²) in [7, 11) is 0. The number of hydrogen-bond acceptors (Lipinski definition) is 2. The Labute approximate surface area is 172 Å². The fourth-order valence-electron chi connectivity index (χ4n) is 8.20. The lowest BCUT2D eigenvalue weighted by atomic mass is 9.56. The molecule has 5 saturated carbocycles. The van der Waals surface area contributed by atoms with Crippen LogP contribution < -0.4 is 11.1 Å². The van der Waals surface area contributed by atoms with Gasteiger partial charge in [-0.3, -0.25) is 4.99 Å². The van der Waals surface area contributed by atoms with Gasteiger partial charge in [-0.2, -0.15) is 0 Å². The molecular formula is C21H28IN3O. The summed E-state index contributed by atoms with van der Waals surface area (Å²) in [6, 6.07) is 8.28. The minimum absolute atomic E-state index is 0. The van der Waals surface area contributed by atoms with Crippen LogP contribution in [0.1, 0.15) is 25.3 Å². The molecule has 0 aromatic heterocycles. The maximum atomic E-state index is 11.6. The minimum Gasteiger partial charge on any atom is -0.387 e. The molecule has 140 valence electrons. The summed E-state index contributed by atoms with van der Waals surface area (Å²) in [5, 5.41) is 14.8. The van der Waals surface area contributed by atoms with E-state index in [4.69, 9.17) is 5.73 Å². The van der Waals surface area contributed by atoms with Crippen molar-refractivity contribution in [1.82, 2.24) is 0 Å². The van der Waals surface area contributed by atoms with E-state index >= 15 is 0 Å². The van der Waals surface area contributed by atoms with E-state index in [2.05, 4.69) is 29.4 Å². The highest BCUT2D eigenvalue weighted by Crippen LogP contribution is 2.85. The number of guanidine groups is 1. The fourth-order valence-corrected chi connectivity index (χ4v) is 8.20. The molecule has 5 aliphatic rings.